The Kier molecular flexibility index (Phi) is 3.86. The van der Waals surface area contributed by atoms with Crippen molar-refractivity contribution in [3.8, 4) is 5.88 Å². The van der Waals surface area contributed by atoms with E-state index in [2.05, 4.69) is 34.6 Å². The molecule has 0 radical (unpaired) electrons. The molecule has 104 valence electrons. The Morgan fingerprint density at radius 2 is 2.00 bits per heavy atom. The van der Waals surface area contributed by atoms with Gasteiger partial charge in [0.05, 0.1) is 12.3 Å². The molecule has 3 heteroatoms. The molecule has 0 atom stereocenters. The van der Waals surface area contributed by atoms with E-state index in [1.54, 1.807) is 6.20 Å². The third-order valence-corrected chi connectivity index (χ3v) is 3.56. The van der Waals surface area contributed by atoms with E-state index in [1.165, 1.54) is 24.0 Å². The molecular weight excluding hydrogens is 248 g/mol. The highest BCUT2D eigenvalue weighted by Crippen LogP contribution is 2.39. The molecule has 1 aliphatic rings. The van der Waals surface area contributed by atoms with Crippen LogP contribution in [0.25, 0.3) is 0 Å². The minimum atomic E-state index is 0.627. The zero-order chi connectivity index (χ0) is 13.8. The highest BCUT2D eigenvalue weighted by Gasteiger charge is 2.22. The highest BCUT2D eigenvalue weighted by molar-refractivity contribution is 5.52. The normalized spacial score (nSPS) is 14.1. The Labute approximate surface area is 120 Å². The lowest BCUT2D eigenvalue weighted by Crippen LogP contribution is -2.04. The number of rotatable bonds is 6. The van der Waals surface area contributed by atoms with Crippen LogP contribution in [0.15, 0.2) is 42.6 Å². The smallest absolute Gasteiger partial charge is 0.237 e. The third-order valence-electron chi connectivity index (χ3n) is 3.56. The fraction of sp³-hybridized carbons (Fsp3) is 0.353. The summed E-state index contributed by atoms with van der Waals surface area (Å²) < 4.78 is 5.51. The van der Waals surface area contributed by atoms with E-state index in [9.17, 15) is 0 Å². The third kappa shape index (κ3) is 3.10. The topological polar surface area (TPSA) is 34.1 Å². The summed E-state index contributed by atoms with van der Waals surface area (Å²) in [5, 5.41) is 3.39. The molecule has 0 saturated heterocycles. The SMILES string of the molecule is CCOc1ncccc1NCc1ccc(C2CC2)cc1. The van der Waals surface area contributed by atoms with Crippen molar-refractivity contribution in [1.82, 2.24) is 4.98 Å². The van der Waals surface area contributed by atoms with Crippen molar-refractivity contribution in [3.63, 3.8) is 0 Å². The molecule has 0 spiro atoms. The van der Waals surface area contributed by atoms with Crippen LogP contribution in [0.2, 0.25) is 0 Å². The van der Waals surface area contributed by atoms with Gasteiger partial charge in [-0.3, -0.25) is 0 Å². The molecule has 1 aliphatic carbocycles. The maximum Gasteiger partial charge on any atom is 0.237 e. The minimum absolute atomic E-state index is 0.627. The first-order valence-electron chi connectivity index (χ1n) is 7.27. The fourth-order valence-electron chi connectivity index (χ4n) is 2.30. The van der Waals surface area contributed by atoms with Crippen molar-refractivity contribution in [2.24, 2.45) is 0 Å². The second-order valence-corrected chi connectivity index (χ2v) is 5.16. The summed E-state index contributed by atoms with van der Waals surface area (Å²) in [4.78, 5) is 4.24. The Hall–Kier alpha value is -2.03. The van der Waals surface area contributed by atoms with Gasteiger partial charge in [0.1, 0.15) is 0 Å². The minimum Gasteiger partial charge on any atom is -0.476 e. The molecule has 1 saturated carbocycles. The van der Waals surface area contributed by atoms with Crippen LogP contribution in [-0.4, -0.2) is 11.6 Å². The predicted octanol–water partition coefficient (Wildman–Crippen LogP) is 3.97. The largest absolute Gasteiger partial charge is 0.476 e. The van der Waals surface area contributed by atoms with Crippen LogP contribution in [0.1, 0.15) is 36.8 Å². The Morgan fingerprint density at radius 1 is 1.20 bits per heavy atom. The van der Waals surface area contributed by atoms with Gasteiger partial charge in [0.15, 0.2) is 0 Å². The molecule has 1 N–H and O–H groups in total. The molecule has 0 aliphatic heterocycles. The van der Waals surface area contributed by atoms with Gasteiger partial charge in [-0.2, -0.15) is 0 Å². The monoisotopic (exact) mass is 268 g/mol. The summed E-state index contributed by atoms with van der Waals surface area (Å²) in [7, 11) is 0. The van der Waals surface area contributed by atoms with Crippen molar-refractivity contribution in [2.45, 2.75) is 32.2 Å². The van der Waals surface area contributed by atoms with E-state index < -0.39 is 0 Å². The lowest BCUT2D eigenvalue weighted by Gasteiger charge is -2.11. The van der Waals surface area contributed by atoms with Gasteiger partial charge in [-0.25, -0.2) is 4.98 Å². The number of anilines is 1. The summed E-state index contributed by atoms with van der Waals surface area (Å²) in [6, 6.07) is 12.8. The van der Waals surface area contributed by atoms with Crippen molar-refractivity contribution < 1.29 is 4.74 Å². The van der Waals surface area contributed by atoms with Crippen molar-refractivity contribution >= 4 is 5.69 Å². The molecular formula is C17H20N2O. The average molecular weight is 268 g/mol. The second-order valence-electron chi connectivity index (χ2n) is 5.16. The summed E-state index contributed by atoms with van der Waals surface area (Å²) >= 11 is 0. The van der Waals surface area contributed by atoms with E-state index >= 15 is 0 Å². The van der Waals surface area contributed by atoms with E-state index in [1.807, 2.05) is 19.1 Å². The van der Waals surface area contributed by atoms with Gasteiger partial charge in [-0.15, -0.1) is 0 Å². The molecule has 2 aromatic rings. The maximum absolute atomic E-state index is 5.51. The van der Waals surface area contributed by atoms with E-state index in [0.717, 1.165) is 18.2 Å². The second kappa shape index (κ2) is 5.95. The van der Waals surface area contributed by atoms with Gasteiger partial charge in [0.2, 0.25) is 5.88 Å². The van der Waals surface area contributed by atoms with Crippen LogP contribution < -0.4 is 10.1 Å². The lowest BCUT2D eigenvalue weighted by atomic mass is 10.1. The van der Waals surface area contributed by atoms with Gasteiger partial charge in [0, 0.05) is 12.7 Å². The quantitative estimate of drug-likeness (QED) is 0.860. The van der Waals surface area contributed by atoms with Crippen LogP contribution in [0.4, 0.5) is 5.69 Å². The van der Waals surface area contributed by atoms with Crippen molar-refractivity contribution in [1.29, 1.82) is 0 Å². The summed E-state index contributed by atoms with van der Waals surface area (Å²) in [6.45, 7) is 3.38. The number of pyridine rings is 1. The molecule has 1 fully saturated rings. The highest BCUT2D eigenvalue weighted by atomic mass is 16.5. The standard InChI is InChI=1S/C17H20N2O/c1-2-20-17-16(4-3-11-18-17)19-12-13-5-7-14(8-6-13)15-9-10-15/h3-8,11,15,19H,2,9-10,12H2,1H3. The zero-order valence-corrected chi connectivity index (χ0v) is 11.8. The Balaban J connectivity index is 1.63. The molecule has 20 heavy (non-hydrogen) atoms. The van der Waals surface area contributed by atoms with E-state index in [4.69, 9.17) is 4.74 Å². The first-order valence-corrected chi connectivity index (χ1v) is 7.27. The lowest BCUT2D eigenvalue weighted by molar-refractivity contribution is 0.328. The molecule has 1 aromatic heterocycles. The molecule has 0 bridgehead atoms. The van der Waals surface area contributed by atoms with Gasteiger partial charge in [0.25, 0.3) is 0 Å². The van der Waals surface area contributed by atoms with Crippen LogP contribution in [0.5, 0.6) is 5.88 Å². The number of nitrogens with zero attached hydrogens (tertiary/aromatic N) is 1. The summed E-state index contributed by atoms with van der Waals surface area (Å²) in [5.74, 6) is 1.49. The summed E-state index contributed by atoms with van der Waals surface area (Å²) in [5.41, 5.74) is 3.70. The molecule has 3 rings (SSSR count). The Bertz CT molecular complexity index is 561. The Morgan fingerprint density at radius 3 is 2.70 bits per heavy atom. The van der Waals surface area contributed by atoms with Crippen LogP contribution in [0.3, 0.4) is 0 Å². The first kappa shape index (κ1) is 13.0. The van der Waals surface area contributed by atoms with Gasteiger partial charge < -0.3 is 10.1 Å². The number of hydrogen-bond acceptors (Lipinski definition) is 3. The number of hydrogen-bond donors (Lipinski definition) is 1. The average Bonchev–Trinajstić information content (AvgIpc) is 3.32. The van der Waals surface area contributed by atoms with Crippen molar-refractivity contribution in [3.05, 3.63) is 53.7 Å². The number of ether oxygens (including phenoxy) is 1. The fourth-order valence-corrected chi connectivity index (χ4v) is 2.30. The molecule has 0 unspecified atom stereocenters. The van der Waals surface area contributed by atoms with E-state index in [-0.39, 0.29) is 0 Å². The number of aromatic nitrogens is 1. The van der Waals surface area contributed by atoms with Gasteiger partial charge >= 0.3 is 0 Å². The molecule has 0 amide bonds. The maximum atomic E-state index is 5.51. The van der Waals surface area contributed by atoms with Gasteiger partial charge in [-0.1, -0.05) is 24.3 Å². The molecule has 3 nitrogen and oxygen atoms in total. The predicted molar refractivity (Wildman–Crippen MR) is 81.1 cm³/mol. The van der Waals surface area contributed by atoms with Crippen LogP contribution in [-0.2, 0) is 6.54 Å². The van der Waals surface area contributed by atoms with Gasteiger partial charge in [-0.05, 0) is 48.9 Å². The number of nitrogens with one attached hydrogen (secondary N) is 1. The van der Waals surface area contributed by atoms with Crippen molar-refractivity contribution in [2.75, 3.05) is 11.9 Å². The molecule has 1 heterocycles. The van der Waals surface area contributed by atoms with Crippen LogP contribution >= 0.6 is 0 Å². The first-order chi connectivity index (χ1) is 9.86. The summed E-state index contributed by atoms with van der Waals surface area (Å²) in [6.07, 6.45) is 4.45. The molecule has 1 aromatic carbocycles. The number of benzene rings is 1. The van der Waals surface area contributed by atoms with Crippen LogP contribution in [0, 0.1) is 0 Å². The zero-order valence-electron chi connectivity index (χ0n) is 11.8. The van der Waals surface area contributed by atoms with E-state index in [0.29, 0.717) is 12.5 Å².